The first kappa shape index (κ1) is 12.6. The summed E-state index contributed by atoms with van der Waals surface area (Å²) >= 11 is 0. The summed E-state index contributed by atoms with van der Waals surface area (Å²) in [5.74, 6) is 0.749. The highest BCUT2D eigenvalue weighted by molar-refractivity contribution is 5.00. The van der Waals surface area contributed by atoms with Gasteiger partial charge >= 0.3 is 0 Å². The lowest BCUT2D eigenvalue weighted by Crippen LogP contribution is -2.28. The van der Waals surface area contributed by atoms with Crippen LogP contribution in [0.15, 0.2) is 12.3 Å². The van der Waals surface area contributed by atoms with Crippen LogP contribution in [0.25, 0.3) is 0 Å². The zero-order valence-electron chi connectivity index (χ0n) is 10.9. The number of rotatable bonds is 6. The minimum atomic E-state index is 0.594. The Hall–Kier alpha value is -0.870. The highest BCUT2D eigenvalue weighted by Crippen LogP contribution is 2.20. The maximum atomic E-state index is 5.43. The topological polar surface area (TPSA) is 39.1 Å². The monoisotopic (exact) mass is 237 g/mol. The Morgan fingerprint density at radius 1 is 1.65 bits per heavy atom. The minimum Gasteiger partial charge on any atom is -0.381 e. The Balaban J connectivity index is 1.77. The predicted octanol–water partition coefficient (Wildman–Crippen LogP) is 1.37. The lowest BCUT2D eigenvalue weighted by molar-refractivity contribution is 0.181. The lowest BCUT2D eigenvalue weighted by atomic mass is 9.96. The fraction of sp³-hybridized carbons (Fsp3) is 0.769. The van der Waals surface area contributed by atoms with Crippen molar-refractivity contribution in [3.05, 3.63) is 18.0 Å². The first-order valence-corrected chi connectivity index (χ1v) is 6.51. The summed E-state index contributed by atoms with van der Waals surface area (Å²) in [6.45, 7) is 1.90. The molecule has 0 bridgehead atoms. The summed E-state index contributed by atoms with van der Waals surface area (Å²) in [4.78, 5) is 0. The predicted molar refractivity (Wildman–Crippen MR) is 67.9 cm³/mol. The van der Waals surface area contributed by atoms with Crippen molar-refractivity contribution >= 4 is 0 Å². The first-order chi connectivity index (χ1) is 8.29. The number of aryl methyl sites for hydroxylation is 2. The van der Waals surface area contributed by atoms with Gasteiger partial charge in [-0.05, 0) is 44.7 Å². The highest BCUT2D eigenvalue weighted by Gasteiger charge is 2.19. The van der Waals surface area contributed by atoms with Gasteiger partial charge in [0.05, 0.1) is 0 Å². The molecule has 4 heteroatoms. The Kier molecular flexibility index (Phi) is 4.57. The van der Waals surface area contributed by atoms with Crippen LogP contribution in [-0.4, -0.2) is 36.1 Å². The zero-order chi connectivity index (χ0) is 12.1. The molecule has 0 spiro atoms. The Morgan fingerprint density at radius 3 is 3.12 bits per heavy atom. The largest absolute Gasteiger partial charge is 0.381 e. The van der Waals surface area contributed by atoms with E-state index >= 15 is 0 Å². The third-order valence-electron chi connectivity index (χ3n) is 3.72. The van der Waals surface area contributed by atoms with Crippen molar-refractivity contribution in [3.63, 3.8) is 0 Å². The summed E-state index contributed by atoms with van der Waals surface area (Å²) in [5.41, 5.74) is 1.31. The van der Waals surface area contributed by atoms with Gasteiger partial charge < -0.3 is 10.1 Å². The molecule has 2 unspecified atom stereocenters. The standard InChI is InChI=1S/C13H23N3O/c1-14-12(9-11-6-8-17-10-11)3-4-13-5-7-15-16(13)2/h5,7,11-12,14H,3-4,6,8-10H2,1-2H3. The number of aromatic nitrogens is 2. The van der Waals surface area contributed by atoms with E-state index < -0.39 is 0 Å². The molecule has 4 nitrogen and oxygen atoms in total. The molecular formula is C13H23N3O. The van der Waals surface area contributed by atoms with Gasteiger partial charge in [-0.1, -0.05) is 0 Å². The maximum Gasteiger partial charge on any atom is 0.0495 e. The van der Waals surface area contributed by atoms with E-state index in [4.69, 9.17) is 4.74 Å². The Bertz CT molecular complexity index is 331. The van der Waals surface area contributed by atoms with Crippen molar-refractivity contribution in [1.29, 1.82) is 0 Å². The van der Waals surface area contributed by atoms with E-state index in [1.165, 1.54) is 25.0 Å². The molecule has 1 aliphatic rings. The molecule has 17 heavy (non-hydrogen) atoms. The summed E-state index contributed by atoms with van der Waals surface area (Å²) < 4.78 is 7.39. The minimum absolute atomic E-state index is 0.594. The highest BCUT2D eigenvalue weighted by atomic mass is 16.5. The third-order valence-corrected chi connectivity index (χ3v) is 3.72. The SMILES string of the molecule is CNC(CCc1ccnn1C)CC1CCOC1. The number of hydrogen-bond acceptors (Lipinski definition) is 3. The van der Waals surface area contributed by atoms with Crippen molar-refractivity contribution in [1.82, 2.24) is 15.1 Å². The van der Waals surface area contributed by atoms with Crippen molar-refractivity contribution < 1.29 is 4.74 Å². The number of ether oxygens (including phenoxy) is 1. The molecule has 1 saturated heterocycles. The molecule has 1 aliphatic heterocycles. The fourth-order valence-electron chi connectivity index (χ4n) is 2.52. The fourth-order valence-corrected chi connectivity index (χ4v) is 2.52. The van der Waals surface area contributed by atoms with Gasteiger partial charge in [-0.15, -0.1) is 0 Å². The maximum absolute atomic E-state index is 5.43. The van der Waals surface area contributed by atoms with Crippen LogP contribution in [-0.2, 0) is 18.2 Å². The van der Waals surface area contributed by atoms with Gasteiger partial charge in [-0.3, -0.25) is 4.68 Å². The molecule has 0 saturated carbocycles. The van der Waals surface area contributed by atoms with Crippen LogP contribution in [0.1, 0.15) is 25.0 Å². The molecule has 0 aliphatic carbocycles. The lowest BCUT2D eigenvalue weighted by Gasteiger charge is -2.19. The smallest absolute Gasteiger partial charge is 0.0495 e. The summed E-state index contributed by atoms with van der Waals surface area (Å²) in [5, 5.41) is 7.63. The van der Waals surface area contributed by atoms with E-state index in [0.29, 0.717) is 6.04 Å². The molecule has 2 rings (SSSR count). The second-order valence-corrected chi connectivity index (χ2v) is 4.94. The molecule has 1 aromatic heterocycles. The van der Waals surface area contributed by atoms with E-state index in [2.05, 4.69) is 23.5 Å². The molecule has 96 valence electrons. The van der Waals surface area contributed by atoms with Gasteiger partial charge in [0.1, 0.15) is 0 Å². The number of hydrogen-bond donors (Lipinski definition) is 1. The van der Waals surface area contributed by atoms with E-state index in [1.807, 2.05) is 17.9 Å². The van der Waals surface area contributed by atoms with E-state index in [1.54, 1.807) is 0 Å². The molecule has 0 radical (unpaired) electrons. The van der Waals surface area contributed by atoms with E-state index in [-0.39, 0.29) is 0 Å². The van der Waals surface area contributed by atoms with Crippen molar-refractivity contribution in [3.8, 4) is 0 Å². The van der Waals surface area contributed by atoms with Crippen LogP contribution in [0.5, 0.6) is 0 Å². The number of nitrogens with zero attached hydrogens (tertiary/aromatic N) is 2. The Labute approximate surface area is 103 Å². The quantitative estimate of drug-likeness (QED) is 0.812. The molecule has 1 N–H and O–H groups in total. The van der Waals surface area contributed by atoms with Crippen LogP contribution in [0.4, 0.5) is 0 Å². The van der Waals surface area contributed by atoms with Crippen LogP contribution in [0.3, 0.4) is 0 Å². The van der Waals surface area contributed by atoms with Gasteiger partial charge in [0.2, 0.25) is 0 Å². The van der Waals surface area contributed by atoms with Gasteiger partial charge in [-0.2, -0.15) is 5.10 Å². The molecule has 1 fully saturated rings. The van der Waals surface area contributed by atoms with E-state index in [0.717, 1.165) is 25.6 Å². The first-order valence-electron chi connectivity index (χ1n) is 6.51. The van der Waals surface area contributed by atoms with Crippen molar-refractivity contribution in [2.24, 2.45) is 13.0 Å². The zero-order valence-corrected chi connectivity index (χ0v) is 10.9. The van der Waals surface area contributed by atoms with Gasteiger partial charge in [0.25, 0.3) is 0 Å². The molecular weight excluding hydrogens is 214 g/mol. The van der Waals surface area contributed by atoms with Crippen molar-refractivity contribution in [2.45, 2.75) is 31.7 Å². The van der Waals surface area contributed by atoms with Crippen LogP contribution in [0, 0.1) is 5.92 Å². The molecule has 2 atom stereocenters. The second kappa shape index (κ2) is 6.17. The van der Waals surface area contributed by atoms with Crippen LogP contribution >= 0.6 is 0 Å². The number of nitrogens with one attached hydrogen (secondary N) is 1. The Morgan fingerprint density at radius 2 is 2.53 bits per heavy atom. The van der Waals surface area contributed by atoms with Crippen LogP contribution in [0.2, 0.25) is 0 Å². The van der Waals surface area contributed by atoms with Crippen molar-refractivity contribution in [2.75, 3.05) is 20.3 Å². The normalized spacial score (nSPS) is 21.9. The average Bonchev–Trinajstić information content (AvgIpc) is 2.96. The molecule has 2 heterocycles. The summed E-state index contributed by atoms with van der Waals surface area (Å²) in [7, 11) is 4.07. The van der Waals surface area contributed by atoms with E-state index in [9.17, 15) is 0 Å². The summed E-state index contributed by atoms with van der Waals surface area (Å²) in [6, 6.07) is 2.70. The second-order valence-electron chi connectivity index (χ2n) is 4.94. The summed E-state index contributed by atoms with van der Waals surface area (Å²) in [6.07, 6.45) is 6.59. The third kappa shape index (κ3) is 3.54. The molecule has 0 aromatic carbocycles. The van der Waals surface area contributed by atoms with Gasteiger partial charge in [0, 0.05) is 38.2 Å². The molecule has 0 amide bonds. The molecule has 1 aromatic rings. The van der Waals surface area contributed by atoms with Crippen LogP contribution < -0.4 is 5.32 Å². The average molecular weight is 237 g/mol. The van der Waals surface area contributed by atoms with Gasteiger partial charge in [-0.25, -0.2) is 0 Å². The van der Waals surface area contributed by atoms with Gasteiger partial charge in [0.15, 0.2) is 0 Å².